The van der Waals surface area contributed by atoms with E-state index in [-0.39, 0.29) is 0 Å². The largest absolute Gasteiger partial charge is 0.398 e. The molecular formula is C19H25N. The first kappa shape index (κ1) is 14.6. The number of hydrogen-bond donors (Lipinski definition) is 1. The number of benzene rings is 2. The zero-order valence-corrected chi connectivity index (χ0v) is 12.8. The zero-order valence-electron chi connectivity index (χ0n) is 12.8. The highest BCUT2D eigenvalue weighted by Gasteiger charge is 2.16. The van der Waals surface area contributed by atoms with E-state index in [2.05, 4.69) is 57.2 Å². The van der Waals surface area contributed by atoms with Crippen molar-refractivity contribution in [3.8, 4) is 0 Å². The molecule has 1 nitrogen and oxygen atoms in total. The number of aryl methyl sites for hydroxylation is 1. The van der Waals surface area contributed by atoms with Crippen molar-refractivity contribution < 1.29 is 0 Å². The maximum Gasteiger partial charge on any atom is 0.0349 e. The molecular weight excluding hydrogens is 242 g/mol. The Morgan fingerprint density at radius 3 is 2.30 bits per heavy atom. The van der Waals surface area contributed by atoms with Gasteiger partial charge < -0.3 is 5.73 Å². The van der Waals surface area contributed by atoms with Crippen LogP contribution < -0.4 is 5.73 Å². The lowest BCUT2D eigenvalue weighted by atomic mass is 9.84. The topological polar surface area (TPSA) is 26.0 Å². The molecule has 1 atom stereocenters. The Bertz CT molecular complexity index is 554. The summed E-state index contributed by atoms with van der Waals surface area (Å²) < 4.78 is 0. The smallest absolute Gasteiger partial charge is 0.0349 e. The van der Waals surface area contributed by atoms with Crippen molar-refractivity contribution in [1.29, 1.82) is 0 Å². The van der Waals surface area contributed by atoms with Crippen LogP contribution >= 0.6 is 0 Å². The first-order valence-electron chi connectivity index (χ1n) is 7.61. The van der Waals surface area contributed by atoms with Gasteiger partial charge >= 0.3 is 0 Å². The third-order valence-electron chi connectivity index (χ3n) is 4.01. The molecule has 0 saturated heterocycles. The van der Waals surface area contributed by atoms with Gasteiger partial charge in [0, 0.05) is 11.6 Å². The van der Waals surface area contributed by atoms with Crippen molar-refractivity contribution in [1.82, 2.24) is 0 Å². The van der Waals surface area contributed by atoms with Gasteiger partial charge in [-0.25, -0.2) is 0 Å². The van der Waals surface area contributed by atoms with Crippen LogP contribution in [0.3, 0.4) is 0 Å². The van der Waals surface area contributed by atoms with Crippen molar-refractivity contribution in [2.75, 3.05) is 5.73 Å². The normalized spacial score (nSPS) is 12.3. The van der Waals surface area contributed by atoms with Crippen molar-refractivity contribution in [2.24, 2.45) is 0 Å². The summed E-state index contributed by atoms with van der Waals surface area (Å²) in [6, 6.07) is 15.3. The molecule has 2 aromatic rings. The maximum atomic E-state index is 6.20. The molecule has 0 aliphatic carbocycles. The fraction of sp³-hybridized carbons (Fsp3) is 0.368. The molecule has 0 aliphatic heterocycles. The second-order valence-electron chi connectivity index (χ2n) is 5.54. The van der Waals surface area contributed by atoms with Gasteiger partial charge in [-0.3, -0.25) is 0 Å². The highest BCUT2D eigenvalue weighted by atomic mass is 14.6. The van der Waals surface area contributed by atoms with Crippen molar-refractivity contribution in [3.63, 3.8) is 0 Å². The molecule has 0 bridgehead atoms. The van der Waals surface area contributed by atoms with Crippen LogP contribution in [0.1, 0.15) is 54.9 Å². The molecule has 106 valence electrons. The predicted octanol–water partition coefficient (Wildman–Crippen LogP) is 5.07. The lowest BCUT2D eigenvalue weighted by molar-refractivity contribution is 0.758. The van der Waals surface area contributed by atoms with E-state index >= 15 is 0 Å². The maximum absolute atomic E-state index is 6.20. The lowest BCUT2D eigenvalue weighted by Crippen LogP contribution is -2.06. The van der Waals surface area contributed by atoms with Crippen LogP contribution in [0.4, 0.5) is 5.69 Å². The molecule has 0 aliphatic rings. The average molecular weight is 267 g/mol. The summed E-state index contributed by atoms with van der Waals surface area (Å²) >= 11 is 0. The van der Waals surface area contributed by atoms with Crippen LogP contribution in [0, 0.1) is 6.92 Å². The average Bonchev–Trinajstić information content (AvgIpc) is 2.45. The molecule has 0 aromatic heterocycles. The third-order valence-corrected chi connectivity index (χ3v) is 4.01. The van der Waals surface area contributed by atoms with Gasteiger partial charge in [0.05, 0.1) is 0 Å². The summed E-state index contributed by atoms with van der Waals surface area (Å²) in [5, 5.41) is 0. The van der Waals surface area contributed by atoms with Crippen molar-refractivity contribution in [2.45, 2.75) is 46.0 Å². The molecule has 1 unspecified atom stereocenters. The SMILES string of the molecule is CCCc1c(N)cccc1C(CC)c1ccc(C)cc1. The molecule has 0 radical (unpaired) electrons. The Morgan fingerprint density at radius 2 is 1.70 bits per heavy atom. The molecule has 0 heterocycles. The Hall–Kier alpha value is -1.76. The minimum atomic E-state index is 0.445. The Morgan fingerprint density at radius 1 is 1.00 bits per heavy atom. The molecule has 2 aromatic carbocycles. The number of anilines is 1. The molecule has 1 heteroatoms. The van der Waals surface area contributed by atoms with E-state index < -0.39 is 0 Å². The van der Waals surface area contributed by atoms with E-state index in [0.29, 0.717) is 5.92 Å². The van der Waals surface area contributed by atoms with Crippen LogP contribution in [-0.4, -0.2) is 0 Å². The Kier molecular flexibility index (Phi) is 4.84. The van der Waals surface area contributed by atoms with E-state index in [1.165, 1.54) is 22.3 Å². The fourth-order valence-electron chi connectivity index (χ4n) is 2.92. The Balaban J connectivity index is 2.46. The van der Waals surface area contributed by atoms with Crippen LogP contribution in [0.2, 0.25) is 0 Å². The number of hydrogen-bond acceptors (Lipinski definition) is 1. The highest BCUT2D eigenvalue weighted by Crippen LogP contribution is 2.33. The summed E-state index contributed by atoms with van der Waals surface area (Å²) in [7, 11) is 0. The second-order valence-corrected chi connectivity index (χ2v) is 5.54. The summed E-state index contributed by atoms with van der Waals surface area (Å²) in [5.41, 5.74) is 12.6. The van der Waals surface area contributed by atoms with Gasteiger partial charge in [0.1, 0.15) is 0 Å². The van der Waals surface area contributed by atoms with Gasteiger partial charge in [0.25, 0.3) is 0 Å². The standard InChI is InChI=1S/C19H25N/c1-4-7-18-17(8-6-9-19(18)20)16(5-2)15-12-10-14(3)11-13-15/h6,8-13,16H,4-5,7,20H2,1-3H3. The minimum Gasteiger partial charge on any atom is -0.398 e. The van der Waals surface area contributed by atoms with Crippen molar-refractivity contribution in [3.05, 3.63) is 64.7 Å². The number of rotatable bonds is 5. The van der Waals surface area contributed by atoms with E-state index in [4.69, 9.17) is 5.73 Å². The molecule has 0 saturated carbocycles. The molecule has 20 heavy (non-hydrogen) atoms. The van der Waals surface area contributed by atoms with Crippen LogP contribution in [0.15, 0.2) is 42.5 Å². The first-order valence-corrected chi connectivity index (χ1v) is 7.61. The van der Waals surface area contributed by atoms with Crippen molar-refractivity contribution >= 4 is 5.69 Å². The van der Waals surface area contributed by atoms with Gasteiger partial charge in [-0.2, -0.15) is 0 Å². The monoisotopic (exact) mass is 267 g/mol. The van der Waals surface area contributed by atoms with E-state index in [1.807, 2.05) is 6.07 Å². The summed E-state index contributed by atoms with van der Waals surface area (Å²) in [5.74, 6) is 0.445. The zero-order chi connectivity index (χ0) is 14.5. The highest BCUT2D eigenvalue weighted by molar-refractivity contribution is 5.54. The van der Waals surface area contributed by atoms with Gasteiger partial charge in [-0.1, -0.05) is 62.2 Å². The molecule has 0 amide bonds. The quantitative estimate of drug-likeness (QED) is 0.752. The molecule has 0 fully saturated rings. The van der Waals surface area contributed by atoms with Gasteiger partial charge in [0.2, 0.25) is 0 Å². The van der Waals surface area contributed by atoms with E-state index in [1.54, 1.807) is 0 Å². The fourth-order valence-corrected chi connectivity index (χ4v) is 2.92. The molecule has 2 rings (SSSR count). The third kappa shape index (κ3) is 3.04. The second kappa shape index (κ2) is 6.60. The van der Waals surface area contributed by atoms with Gasteiger partial charge in [0.15, 0.2) is 0 Å². The van der Waals surface area contributed by atoms with Crippen LogP contribution in [0.5, 0.6) is 0 Å². The lowest BCUT2D eigenvalue weighted by Gasteiger charge is -2.21. The summed E-state index contributed by atoms with van der Waals surface area (Å²) in [4.78, 5) is 0. The number of nitrogen functional groups attached to an aromatic ring is 1. The number of nitrogens with two attached hydrogens (primary N) is 1. The predicted molar refractivity (Wildman–Crippen MR) is 88.2 cm³/mol. The summed E-state index contributed by atoms with van der Waals surface area (Å²) in [6.45, 7) is 6.60. The minimum absolute atomic E-state index is 0.445. The van der Waals surface area contributed by atoms with E-state index in [9.17, 15) is 0 Å². The van der Waals surface area contributed by atoms with E-state index in [0.717, 1.165) is 24.9 Å². The Labute approximate surface area is 122 Å². The van der Waals surface area contributed by atoms with Gasteiger partial charge in [-0.05, 0) is 42.5 Å². The molecule has 2 N–H and O–H groups in total. The first-order chi connectivity index (χ1) is 9.67. The van der Waals surface area contributed by atoms with Crippen LogP contribution in [-0.2, 0) is 6.42 Å². The van der Waals surface area contributed by atoms with Crippen LogP contribution in [0.25, 0.3) is 0 Å². The summed E-state index contributed by atoms with van der Waals surface area (Å²) in [6.07, 6.45) is 3.29. The van der Waals surface area contributed by atoms with Gasteiger partial charge in [-0.15, -0.1) is 0 Å². The molecule has 0 spiro atoms.